The van der Waals surface area contributed by atoms with Crippen LogP contribution in [0.5, 0.6) is 0 Å². The second-order valence-electron chi connectivity index (χ2n) is 3.19. The van der Waals surface area contributed by atoms with Crippen LogP contribution in [0.4, 0.5) is 4.39 Å². The number of ether oxygens (including phenoxy) is 1. The Morgan fingerprint density at radius 2 is 2.39 bits per heavy atom. The summed E-state index contributed by atoms with van der Waals surface area (Å²) in [7, 11) is 1.25. The Balaban J connectivity index is 2.87. The van der Waals surface area contributed by atoms with Gasteiger partial charge in [-0.1, -0.05) is 17.0 Å². The fourth-order valence-electron chi connectivity index (χ4n) is 1.17. The molecule has 5 nitrogen and oxygen atoms in total. The Bertz CT molecular complexity index is 554. The van der Waals surface area contributed by atoms with Gasteiger partial charge in [0.1, 0.15) is 5.82 Å². The first kappa shape index (κ1) is 13.6. The van der Waals surface area contributed by atoms with Crippen molar-refractivity contribution in [3.05, 3.63) is 45.6 Å². The molecule has 0 atom stereocenters. The van der Waals surface area contributed by atoms with Crippen LogP contribution in [0.1, 0.15) is 22.3 Å². The minimum Gasteiger partial charge on any atom is -0.465 e. The van der Waals surface area contributed by atoms with Crippen LogP contribution in [0.15, 0.2) is 23.3 Å². The monoisotopic (exact) mass is 247 g/mol. The molecule has 0 amide bonds. The van der Waals surface area contributed by atoms with E-state index in [1.807, 2.05) is 0 Å². The van der Waals surface area contributed by atoms with Crippen molar-refractivity contribution in [3.8, 4) is 11.8 Å². The third-order valence-corrected chi connectivity index (χ3v) is 2.01. The predicted molar refractivity (Wildman–Crippen MR) is 63.2 cm³/mol. The molecule has 92 valence electrons. The highest BCUT2D eigenvalue weighted by atomic mass is 19.1. The van der Waals surface area contributed by atoms with Gasteiger partial charge in [0.05, 0.1) is 18.2 Å². The zero-order valence-corrected chi connectivity index (χ0v) is 9.68. The van der Waals surface area contributed by atoms with Gasteiger partial charge in [0.2, 0.25) is 0 Å². The van der Waals surface area contributed by atoms with Gasteiger partial charge >= 0.3 is 5.97 Å². The highest BCUT2D eigenvalue weighted by Crippen LogP contribution is 2.10. The molecule has 18 heavy (non-hydrogen) atoms. The molecule has 1 rings (SSSR count). The standard InChI is InChI=1S/C12H10FN3O2/c1-18-12(17)10-5-6-11(13)9(8-10)4-2-3-7-15-16-14/h5-6,8H,3,7H2,1H3. The first-order valence-electron chi connectivity index (χ1n) is 5.06. The molecule has 0 saturated carbocycles. The van der Waals surface area contributed by atoms with Crippen molar-refractivity contribution < 1.29 is 13.9 Å². The average molecular weight is 247 g/mol. The third kappa shape index (κ3) is 3.81. The largest absolute Gasteiger partial charge is 0.465 e. The maximum atomic E-state index is 13.4. The molecule has 6 heteroatoms. The van der Waals surface area contributed by atoms with Crippen LogP contribution in [-0.4, -0.2) is 19.6 Å². The average Bonchev–Trinajstić information content (AvgIpc) is 2.39. The summed E-state index contributed by atoms with van der Waals surface area (Å²) in [5.41, 5.74) is 8.39. The van der Waals surface area contributed by atoms with E-state index in [9.17, 15) is 9.18 Å². The molecule has 0 fully saturated rings. The Morgan fingerprint density at radius 1 is 1.61 bits per heavy atom. The lowest BCUT2D eigenvalue weighted by Crippen LogP contribution is -2.02. The Hall–Kier alpha value is -2.51. The number of hydrogen-bond acceptors (Lipinski definition) is 3. The summed E-state index contributed by atoms with van der Waals surface area (Å²) in [6.07, 6.45) is 0.325. The van der Waals surface area contributed by atoms with Crippen molar-refractivity contribution in [1.82, 2.24) is 0 Å². The van der Waals surface area contributed by atoms with Crippen molar-refractivity contribution in [1.29, 1.82) is 0 Å². The molecule has 0 aliphatic carbocycles. The molecular formula is C12H10FN3O2. The van der Waals surface area contributed by atoms with Gasteiger partial charge in [0, 0.05) is 17.9 Å². The number of esters is 1. The molecule has 0 radical (unpaired) electrons. The molecular weight excluding hydrogens is 237 g/mol. The fraction of sp³-hybridized carbons (Fsp3) is 0.250. The summed E-state index contributed by atoms with van der Waals surface area (Å²) in [5.74, 6) is 4.17. The van der Waals surface area contributed by atoms with Gasteiger partial charge < -0.3 is 4.74 Å². The number of nitrogens with zero attached hydrogens (tertiary/aromatic N) is 3. The van der Waals surface area contributed by atoms with Crippen molar-refractivity contribution >= 4 is 5.97 Å². The summed E-state index contributed by atoms with van der Waals surface area (Å²) in [6.45, 7) is 0.224. The predicted octanol–water partition coefficient (Wildman–Crippen LogP) is 2.66. The van der Waals surface area contributed by atoms with Crippen LogP contribution in [0, 0.1) is 17.7 Å². The van der Waals surface area contributed by atoms with E-state index in [-0.39, 0.29) is 17.7 Å². The zero-order valence-electron chi connectivity index (χ0n) is 9.68. The van der Waals surface area contributed by atoms with Crippen LogP contribution in [0.3, 0.4) is 0 Å². The van der Waals surface area contributed by atoms with E-state index in [2.05, 4.69) is 26.6 Å². The van der Waals surface area contributed by atoms with Gasteiger partial charge in [-0.2, -0.15) is 0 Å². The van der Waals surface area contributed by atoms with Gasteiger partial charge in [-0.05, 0) is 23.7 Å². The van der Waals surface area contributed by atoms with Gasteiger partial charge in [0.15, 0.2) is 0 Å². The molecule has 1 aromatic rings. The van der Waals surface area contributed by atoms with Crippen molar-refractivity contribution in [2.24, 2.45) is 5.11 Å². The molecule has 0 aliphatic heterocycles. The summed E-state index contributed by atoms with van der Waals surface area (Å²) in [5, 5.41) is 3.29. The third-order valence-electron chi connectivity index (χ3n) is 2.01. The summed E-state index contributed by atoms with van der Waals surface area (Å²) in [6, 6.07) is 3.80. The second kappa shape index (κ2) is 6.94. The normalized spacial score (nSPS) is 8.78. The molecule has 0 N–H and O–H groups in total. The minimum absolute atomic E-state index is 0.110. The molecule has 0 spiro atoms. The second-order valence-corrected chi connectivity index (χ2v) is 3.19. The van der Waals surface area contributed by atoms with Crippen LogP contribution >= 0.6 is 0 Å². The van der Waals surface area contributed by atoms with E-state index in [0.29, 0.717) is 6.42 Å². The number of benzene rings is 1. The van der Waals surface area contributed by atoms with Gasteiger partial charge in [-0.3, -0.25) is 0 Å². The fourth-order valence-corrected chi connectivity index (χ4v) is 1.17. The SMILES string of the molecule is COC(=O)c1ccc(F)c(C#CCCN=[N+]=[N-])c1. The zero-order chi connectivity index (χ0) is 13.4. The molecule has 0 heterocycles. The molecule has 0 unspecified atom stereocenters. The maximum Gasteiger partial charge on any atom is 0.337 e. The highest BCUT2D eigenvalue weighted by Gasteiger charge is 2.08. The Kier molecular flexibility index (Phi) is 5.23. The smallest absolute Gasteiger partial charge is 0.337 e. The first-order valence-corrected chi connectivity index (χ1v) is 5.06. The highest BCUT2D eigenvalue weighted by molar-refractivity contribution is 5.89. The van der Waals surface area contributed by atoms with Crippen LogP contribution in [-0.2, 0) is 4.74 Å². The topological polar surface area (TPSA) is 75.1 Å². The Morgan fingerprint density at radius 3 is 3.06 bits per heavy atom. The summed E-state index contributed by atoms with van der Waals surface area (Å²) >= 11 is 0. The maximum absolute atomic E-state index is 13.4. The van der Waals surface area contributed by atoms with E-state index in [1.165, 1.54) is 19.2 Å². The number of halogens is 1. The quantitative estimate of drug-likeness (QED) is 0.205. The van der Waals surface area contributed by atoms with Crippen LogP contribution in [0.25, 0.3) is 10.4 Å². The van der Waals surface area contributed by atoms with Crippen molar-refractivity contribution in [2.75, 3.05) is 13.7 Å². The van der Waals surface area contributed by atoms with Crippen molar-refractivity contribution in [3.63, 3.8) is 0 Å². The molecule has 0 aromatic heterocycles. The molecule has 0 saturated heterocycles. The first-order chi connectivity index (χ1) is 8.69. The summed E-state index contributed by atoms with van der Waals surface area (Å²) in [4.78, 5) is 13.8. The lowest BCUT2D eigenvalue weighted by atomic mass is 10.1. The van der Waals surface area contributed by atoms with Gasteiger partial charge in [-0.25, -0.2) is 9.18 Å². The molecule has 0 aliphatic rings. The van der Waals surface area contributed by atoms with E-state index in [4.69, 9.17) is 5.53 Å². The van der Waals surface area contributed by atoms with Crippen LogP contribution < -0.4 is 0 Å². The van der Waals surface area contributed by atoms with E-state index in [1.54, 1.807) is 0 Å². The number of methoxy groups -OCH3 is 1. The lowest BCUT2D eigenvalue weighted by molar-refractivity contribution is 0.0600. The molecule has 1 aromatic carbocycles. The van der Waals surface area contributed by atoms with E-state index < -0.39 is 11.8 Å². The lowest BCUT2D eigenvalue weighted by Gasteiger charge is -2.00. The Labute approximate surface area is 103 Å². The number of hydrogen-bond donors (Lipinski definition) is 0. The van der Waals surface area contributed by atoms with Crippen LogP contribution in [0.2, 0.25) is 0 Å². The minimum atomic E-state index is -0.549. The number of rotatable bonds is 3. The number of carbonyl (C=O) groups is 1. The molecule has 0 bridgehead atoms. The van der Waals surface area contributed by atoms with Crippen molar-refractivity contribution in [2.45, 2.75) is 6.42 Å². The number of carbonyl (C=O) groups excluding carboxylic acids is 1. The number of azide groups is 1. The summed E-state index contributed by atoms with van der Waals surface area (Å²) < 4.78 is 17.9. The van der Waals surface area contributed by atoms with E-state index in [0.717, 1.165) is 6.07 Å². The van der Waals surface area contributed by atoms with E-state index >= 15 is 0 Å². The van der Waals surface area contributed by atoms with Gasteiger partial charge in [0.25, 0.3) is 0 Å². The van der Waals surface area contributed by atoms with Gasteiger partial charge in [-0.15, -0.1) is 0 Å².